The number of aromatic amines is 2. The van der Waals surface area contributed by atoms with Crippen molar-refractivity contribution < 1.29 is 14.5 Å². The van der Waals surface area contributed by atoms with Gasteiger partial charge in [0.2, 0.25) is 0 Å². The molecule has 2 aromatic heterocycles. The Kier molecular flexibility index (Phi) is 4.95. The van der Waals surface area contributed by atoms with E-state index in [0.29, 0.717) is 36.4 Å². The second kappa shape index (κ2) is 7.31. The van der Waals surface area contributed by atoms with Crippen molar-refractivity contribution in [1.29, 1.82) is 0 Å². The highest BCUT2D eigenvalue weighted by Gasteiger charge is 2.19. The summed E-state index contributed by atoms with van der Waals surface area (Å²) in [4.78, 5) is 30.2. The zero-order valence-corrected chi connectivity index (χ0v) is 14.2. The number of pyridine rings is 1. The molecule has 0 aliphatic heterocycles. The van der Waals surface area contributed by atoms with Crippen LogP contribution in [0.3, 0.4) is 0 Å². The molecular weight excluding hydrogens is 322 g/mol. The quantitative estimate of drug-likeness (QED) is 0.682. The van der Waals surface area contributed by atoms with Crippen LogP contribution in [-0.2, 0) is 11.3 Å². The molecular formula is C18H20N3O4+. The minimum absolute atomic E-state index is 0.419. The standard InChI is InChI=1S/C18H19N3O4/c1-24-10-4-9-21-16-15(17(22)20-18(21)23)14(7-8-19-16)12-5-3-6-13(11-12)25-2/h3,5-8,11H,4,9-10H2,1-2H3,(H,20,22,23)/p+1. The molecule has 0 saturated heterocycles. The van der Waals surface area contributed by atoms with Crippen LogP contribution in [0.5, 0.6) is 5.75 Å². The van der Waals surface area contributed by atoms with Crippen LogP contribution >= 0.6 is 0 Å². The number of hydrogen-bond donors (Lipinski definition) is 1. The molecule has 25 heavy (non-hydrogen) atoms. The molecule has 2 heterocycles. The van der Waals surface area contributed by atoms with Crippen molar-refractivity contribution in [2.24, 2.45) is 0 Å². The average Bonchev–Trinajstić information content (AvgIpc) is 2.64. The molecule has 0 amide bonds. The Balaban J connectivity index is 2.23. The maximum atomic E-state index is 12.5. The van der Waals surface area contributed by atoms with Gasteiger partial charge in [0.25, 0.3) is 11.2 Å². The number of methoxy groups -OCH3 is 2. The highest BCUT2D eigenvalue weighted by molar-refractivity contribution is 5.90. The maximum Gasteiger partial charge on any atom is 0.415 e. The normalized spacial score (nSPS) is 11.0. The Morgan fingerprint density at radius 1 is 1.20 bits per heavy atom. The second-order valence-electron chi connectivity index (χ2n) is 5.60. The fourth-order valence-electron chi connectivity index (χ4n) is 2.87. The third kappa shape index (κ3) is 3.32. The molecule has 0 aliphatic rings. The van der Waals surface area contributed by atoms with E-state index in [1.165, 1.54) is 4.57 Å². The molecule has 7 heteroatoms. The first-order chi connectivity index (χ1) is 12.2. The van der Waals surface area contributed by atoms with E-state index in [1.807, 2.05) is 30.3 Å². The molecule has 0 saturated carbocycles. The third-order valence-electron chi connectivity index (χ3n) is 4.05. The average molecular weight is 342 g/mol. The zero-order chi connectivity index (χ0) is 17.8. The van der Waals surface area contributed by atoms with Crippen molar-refractivity contribution in [2.75, 3.05) is 20.8 Å². The van der Waals surface area contributed by atoms with Gasteiger partial charge in [-0.3, -0.25) is 9.78 Å². The predicted molar refractivity (Wildman–Crippen MR) is 93.9 cm³/mol. The number of aromatic nitrogens is 3. The Hall–Kier alpha value is -2.93. The van der Waals surface area contributed by atoms with Gasteiger partial charge in [0, 0.05) is 25.7 Å². The van der Waals surface area contributed by atoms with Crippen molar-refractivity contribution >= 4 is 11.0 Å². The van der Waals surface area contributed by atoms with Crippen LogP contribution < -0.4 is 21.0 Å². The van der Waals surface area contributed by atoms with E-state index in [-0.39, 0.29) is 0 Å². The van der Waals surface area contributed by atoms with E-state index in [0.717, 1.165) is 11.1 Å². The first-order valence-corrected chi connectivity index (χ1v) is 7.96. The lowest BCUT2D eigenvalue weighted by Gasteiger charge is -2.07. The summed E-state index contributed by atoms with van der Waals surface area (Å²) in [5.41, 5.74) is 1.20. The van der Waals surface area contributed by atoms with E-state index < -0.39 is 11.2 Å². The van der Waals surface area contributed by atoms with Crippen LogP contribution in [-0.4, -0.2) is 30.4 Å². The summed E-state index contributed by atoms with van der Waals surface area (Å²) in [6.07, 6.45) is 2.39. The van der Waals surface area contributed by atoms with Gasteiger partial charge >= 0.3 is 5.69 Å². The highest BCUT2D eigenvalue weighted by atomic mass is 16.5. The van der Waals surface area contributed by atoms with Crippen LogP contribution in [0.1, 0.15) is 6.42 Å². The van der Waals surface area contributed by atoms with Crippen molar-refractivity contribution in [1.82, 2.24) is 9.55 Å². The molecule has 0 aliphatic carbocycles. The van der Waals surface area contributed by atoms with Crippen molar-refractivity contribution in [3.8, 4) is 16.9 Å². The molecule has 1 aromatic carbocycles. The Morgan fingerprint density at radius 3 is 2.80 bits per heavy atom. The molecule has 0 fully saturated rings. The SMILES string of the molecule is COCCCn1c(=O)[nH]c(=O)c2c(-c3cccc(OC)c3)cc[nH+]c21. The van der Waals surface area contributed by atoms with Gasteiger partial charge in [-0.05, 0) is 23.8 Å². The van der Waals surface area contributed by atoms with Gasteiger partial charge in [-0.1, -0.05) is 12.1 Å². The lowest BCUT2D eigenvalue weighted by atomic mass is 10.0. The third-order valence-corrected chi connectivity index (χ3v) is 4.05. The van der Waals surface area contributed by atoms with Crippen molar-refractivity contribution in [3.63, 3.8) is 0 Å². The molecule has 0 radical (unpaired) electrons. The number of rotatable bonds is 6. The maximum absolute atomic E-state index is 12.5. The molecule has 0 spiro atoms. The number of aryl methyl sites for hydroxylation is 1. The van der Waals surface area contributed by atoms with Crippen LogP contribution in [0, 0.1) is 0 Å². The lowest BCUT2D eigenvalue weighted by molar-refractivity contribution is -0.349. The molecule has 0 bridgehead atoms. The Morgan fingerprint density at radius 2 is 2.04 bits per heavy atom. The Bertz CT molecular complexity index is 1010. The lowest BCUT2D eigenvalue weighted by Crippen LogP contribution is -2.34. The summed E-state index contributed by atoms with van der Waals surface area (Å²) >= 11 is 0. The summed E-state index contributed by atoms with van der Waals surface area (Å²) < 4.78 is 11.8. The van der Waals surface area contributed by atoms with Crippen LogP contribution in [0.25, 0.3) is 22.2 Å². The number of benzene rings is 1. The van der Waals surface area contributed by atoms with E-state index >= 15 is 0 Å². The first kappa shape index (κ1) is 16.9. The number of nitrogens with zero attached hydrogens (tertiary/aromatic N) is 1. The molecule has 0 atom stereocenters. The molecule has 7 nitrogen and oxygen atoms in total. The highest BCUT2D eigenvalue weighted by Crippen LogP contribution is 2.26. The van der Waals surface area contributed by atoms with Gasteiger partial charge in [-0.25, -0.2) is 9.78 Å². The van der Waals surface area contributed by atoms with Crippen LogP contribution in [0.15, 0.2) is 46.1 Å². The second-order valence-corrected chi connectivity index (χ2v) is 5.60. The molecule has 3 aromatic rings. The summed E-state index contributed by atoms with van der Waals surface area (Å²) in [7, 11) is 3.21. The monoisotopic (exact) mass is 342 g/mol. The zero-order valence-electron chi connectivity index (χ0n) is 14.2. The van der Waals surface area contributed by atoms with Crippen molar-refractivity contribution in [2.45, 2.75) is 13.0 Å². The summed E-state index contributed by atoms with van der Waals surface area (Å²) in [6, 6.07) is 9.27. The predicted octanol–water partition coefficient (Wildman–Crippen LogP) is 1.22. The summed E-state index contributed by atoms with van der Waals surface area (Å²) in [5.74, 6) is 0.698. The number of fused-ring (bicyclic) bond motifs is 1. The summed E-state index contributed by atoms with van der Waals surface area (Å²) in [6.45, 7) is 0.973. The fourth-order valence-corrected chi connectivity index (χ4v) is 2.87. The van der Waals surface area contributed by atoms with Gasteiger partial charge < -0.3 is 9.47 Å². The van der Waals surface area contributed by atoms with E-state index in [1.54, 1.807) is 20.4 Å². The number of ether oxygens (including phenoxy) is 2. The van der Waals surface area contributed by atoms with Crippen molar-refractivity contribution in [3.05, 3.63) is 57.4 Å². The van der Waals surface area contributed by atoms with Gasteiger partial charge in [-0.15, -0.1) is 0 Å². The number of hydrogen-bond acceptors (Lipinski definition) is 4. The number of nitrogens with one attached hydrogen (secondary N) is 2. The van der Waals surface area contributed by atoms with E-state index in [4.69, 9.17) is 9.47 Å². The molecule has 3 rings (SSSR count). The smallest absolute Gasteiger partial charge is 0.415 e. The largest absolute Gasteiger partial charge is 0.497 e. The molecule has 2 N–H and O–H groups in total. The van der Waals surface area contributed by atoms with Gasteiger partial charge in [0.1, 0.15) is 11.1 Å². The molecule has 0 unspecified atom stereocenters. The summed E-state index contributed by atoms with van der Waals surface area (Å²) in [5, 5.41) is 0.438. The van der Waals surface area contributed by atoms with Crippen LogP contribution in [0.2, 0.25) is 0 Å². The van der Waals surface area contributed by atoms with Crippen LogP contribution in [0.4, 0.5) is 0 Å². The molecule has 130 valence electrons. The van der Waals surface area contributed by atoms with Gasteiger partial charge in [-0.2, -0.15) is 4.57 Å². The van der Waals surface area contributed by atoms with Gasteiger partial charge in [0.15, 0.2) is 0 Å². The van der Waals surface area contributed by atoms with E-state index in [9.17, 15) is 9.59 Å². The van der Waals surface area contributed by atoms with Gasteiger partial charge in [0.05, 0.1) is 19.9 Å². The van der Waals surface area contributed by atoms with E-state index in [2.05, 4.69) is 9.97 Å². The number of H-pyrrole nitrogens is 2. The minimum atomic E-state index is -0.437. The minimum Gasteiger partial charge on any atom is -0.497 e. The Labute approximate surface area is 143 Å². The fraction of sp³-hybridized carbons (Fsp3) is 0.278. The topological polar surface area (TPSA) is 87.5 Å². The first-order valence-electron chi connectivity index (χ1n) is 7.96.